The number of hydrogen-bond acceptors (Lipinski definition) is 5. The summed E-state index contributed by atoms with van der Waals surface area (Å²) in [5.41, 5.74) is 0.509. The Labute approximate surface area is 109 Å². The maximum atomic E-state index is 11.0. The second-order valence-electron chi connectivity index (χ2n) is 3.91. The number of aromatic nitrogens is 2. The van der Waals surface area contributed by atoms with Gasteiger partial charge in [-0.15, -0.1) is 0 Å². The number of anilines is 1. The van der Waals surface area contributed by atoms with Crippen molar-refractivity contribution < 1.29 is 4.92 Å². The third kappa shape index (κ3) is 2.69. The lowest BCUT2D eigenvalue weighted by atomic mass is 10.2. The molecule has 0 unspecified atom stereocenters. The van der Waals surface area contributed by atoms with E-state index in [2.05, 4.69) is 10.3 Å². The van der Waals surface area contributed by atoms with Gasteiger partial charge in [-0.3, -0.25) is 10.1 Å². The van der Waals surface area contributed by atoms with Crippen LogP contribution < -0.4 is 5.32 Å². The standard InChI is InChI=1S/C12H11N5O2/c1-16-5-4-14-12(16)8-15-10-3-2-9(7-13)6-11(10)17(18)19/h2-6,15H,8H2,1H3. The largest absolute Gasteiger partial charge is 0.372 e. The van der Waals surface area contributed by atoms with Crippen molar-refractivity contribution in [3.8, 4) is 6.07 Å². The van der Waals surface area contributed by atoms with Gasteiger partial charge in [0, 0.05) is 25.5 Å². The highest BCUT2D eigenvalue weighted by atomic mass is 16.6. The molecule has 0 saturated carbocycles. The Bertz CT molecular complexity index is 656. The van der Waals surface area contributed by atoms with Gasteiger partial charge < -0.3 is 9.88 Å². The fourth-order valence-corrected chi connectivity index (χ4v) is 1.64. The Morgan fingerprint density at radius 3 is 2.95 bits per heavy atom. The van der Waals surface area contributed by atoms with E-state index in [1.165, 1.54) is 18.2 Å². The van der Waals surface area contributed by atoms with Crippen LogP contribution in [0.1, 0.15) is 11.4 Å². The summed E-state index contributed by atoms with van der Waals surface area (Å²) in [7, 11) is 1.84. The molecule has 0 fully saturated rings. The summed E-state index contributed by atoms with van der Waals surface area (Å²) in [5.74, 6) is 0.763. The molecular formula is C12H11N5O2. The first-order valence-electron chi connectivity index (χ1n) is 5.50. The molecule has 0 saturated heterocycles. The summed E-state index contributed by atoms with van der Waals surface area (Å²) >= 11 is 0. The lowest BCUT2D eigenvalue weighted by Crippen LogP contribution is -2.07. The van der Waals surface area contributed by atoms with Crippen LogP contribution in [0.15, 0.2) is 30.6 Å². The van der Waals surface area contributed by atoms with Crippen molar-refractivity contribution in [2.24, 2.45) is 7.05 Å². The number of aryl methyl sites for hydroxylation is 1. The Morgan fingerprint density at radius 2 is 2.37 bits per heavy atom. The van der Waals surface area contributed by atoms with E-state index in [4.69, 9.17) is 5.26 Å². The first-order chi connectivity index (χ1) is 9.11. The van der Waals surface area contributed by atoms with Crippen molar-refractivity contribution in [2.75, 3.05) is 5.32 Å². The van der Waals surface area contributed by atoms with Gasteiger partial charge in [-0.05, 0) is 12.1 Å². The molecule has 1 N–H and O–H groups in total. The highest BCUT2D eigenvalue weighted by molar-refractivity contribution is 5.63. The third-order valence-corrected chi connectivity index (χ3v) is 2.68. The van der Waals surface area contributed by atoms with E-state index in [9.17, 15) is 10.1 Å². The minimum absolute atomic E-state index is 0.117. The fourth-order valence-electron chi connectivity index (χ4n) is 1.64. The van der Waals surface area contributed by atoms with Gasteiger partial charge in [0.25, 0.3) is 5.69 Å². The molecule has 96 valence electrons. The van der Waals surface area contributed by atoms with Crippen molar-refractivity contribution in [2.45, 2.75) is 6.54 Å². The van der Waals surface area contributed by atoms with Crippen LogP contribution in [0.25, 0.3) is 0 Å². The van der Waals surface area contributed by atoms with Gasteiger partial charge in [0.1, 0.15) is 11.5 Å². The van der Waals surface area contributed by atoms with E-state index in [-0.39, 0.29) is 11.3 Å². The molecule has 19 heavy (non-hydrogen) atoms. The highest BCUT2D eigenvalue weighted by Gasteiger charge is 2.14. The first-order valence-corrected chi connectivity index (χ1v) is 5.50. The molecule has 7 nitrogen and oxygen atoms in total. The van der Waals surface area contributed by atoms with E-state index in [1.807, 2.05) is 17.7 Å². The number of imidazole rings is 1. The van der Waals surface area contributed by atoms with E-state index in [0.717, 1.165) is 5.82 Å². The number of nitro benzene ring substituents is 1. The lowest BCUT2D eigenvalue weighted by molar-refractivity contribution is -0.384. The Balaban J connectivity index is 2.23. The molecule has 0 amide bonds. The zero-order chi connectivity index (χ0) is 13.8. The number of rotatable bonds is 4. The Kier molecular flexibility index (Phi) is 3.43. The van der Waals surface area contributed by atoms with Gasteiger partial charge in [-0.25, -0.2) is 4.98 Å². The van der Waals surface area contributed by atoms with Crippen LogP contribution in [0.5, 0.6) is 0 Å². The molecule has 0 aliphatic rings. The molecule has 1 aromatic carbocycles. The quantitative estimate of drug-likeness (QED) is 0.665. The summed E-state index contributed by atoms with van der Waals surface area (Å²) < 4.78 is 1.82. The maximum Gasteiger partial charge on any atom is 0.293 e. The molecule has 0 radical (unpaired) electrons. The number of nitrogens with one attached hydrogen (secondary N) is 1. The van der Waals surface area contributed by atoms with Gasteiger partial charge in [0.05, 0.1) is 23.1 Å². The van der Waals surface area contributed by atoms with Crippen LogP contribution in [0, 0.1) is 21.4 Å². The molecule has 0 spiro atoms. The normalized spacial score (nSPS) is 9.89. The highest BCUT2D eigenvalue weighted by Crippen LogP contribution is 2.25. The molecule has 0 atom stereocenters. The maximum absolute atomic E-state index is 11.0. The van der Waals surface area contributed by atoms with Gasteiger partial charge in [-0.1, -0.05) is 0 Å². The summed E-state index contributed by atoms with van der Waals surface area (Å²) in [4.78, 5) is 14.6. The monoisotopic (exact) mass is 257 g/mol. The van der Waals surface area contributed by atoms with Crippen molar-refractivity contribution in [1.82, 2.24) is 9.55 Å². The molecule has 2 rings (SSSR count). The van der Waals surface area contributed by atoms with Crippen LogP contribution in [-0.4, -0.2) is 14.5 Å². The molecule has 1 heterocycles. The van der Waals surface area contributed by atoms with Crippen molar-refractivity contribution in [1.29, 1.82) is 5.26 Å². The van der Waals surface area contributed by atoms with Crippen LogP contribution in [0.2, 0.25) is 0 Å². The average Bonchev–Trinajstić information content (AvgIpc) is 2.81. The van der Waals surface area contributed by atoms with Gasteiger partial charge in [0.15, 0.2) is 0 Å². The molecule has 1 aromatic heterocycles. The molecule has 7 heteroatoms. The van der Waals surface area contributed by atoms with Crippen LogP contribution in [-0.2, 0) is 13.6 Å². The van der Waals surface area contributed by atoms with Gasteiger partial charge in [-0.2, -0.15) is 5.26 Å². The second-order valence-corrected chi connectivity index (χ2v) is 3.91. The molecule has 0 aliphatic carbocycles. The average molecular weight is 257 g/mol. The van der Waals surface area contributed by atoms with Crippen molar-refractivity contribution in [3.05, 3.63) is 52.1 Å². The van der Waals surface area contributed by atoms with Crippen LogP contribution >= 0.6 is 0 Å². The first kappa shape index (κ1) is 12.6. The third-order valence-electron chi connectivity index (χ3n) is 2.68. The van der Waals surface area contributed by atoms with E-state index >= 15 is 0 Å². The van der Waals surface area contributed by atoms with Crippen molar-refractivity contribution >= 4 is 11.4 Å². The summed E-state index contributed by atoms with van der Waals surface area (Å²) in [6, 6.07) is 6.19. The molecule has 0 aliphatic heterocycles. The summed E-state index contributed by atoms with van der Waals surface area (Å²) in [6.45, 7) is 0.371. The molecule has 2 aromatic rings. The van der Waals surface area contributed by atoms with Crippen LogP contribution in [0.3, 0.4) is 0 Å². The SMILES string of the molecule is Cn1ccnc1CNc1ccc(C#N)cc1[N+](=O)[O-]. The van der Waals surface area contributed by atoms with Gasteiger partial charge >= 0.3 is 0 Å². The number of nitro groups is 1. The number of hydrogen-bond donors (Lipinski definition) is 1. The zero-order valence-corrected chi connectivity index (χ0v) is 10.2. The minimum atomic E-state index is -0.512. The smallest absolute Gasteiger partial charge is 0.293 e. The fraction of sp³-hybridized carbons (Fsp3) is 0.167. The minimum Gasteiger partial charge on any atom is -0.372 e. The van der Waals surface area contributed by atoms with Crippen molar-refractivity contribution in [3.63, 3.8) is 0 Å². The number of benzene rings is 1. The zero-order valence-electron chi connectivity index (χ0n) is 10.2. The predicted octanol–water partition coefficient (Wildman–Crippen LogP) is 1.81. The topological polar surface area (TPSA) is 96.8 Å². The second kappa shape index (κ2) is 5.18. The number of nitrogens with zero attached hydrogens (tertiary/aromatic N) is 4. The lowest BCUT2D eigenvalue weighted by Gasteiger charge is -2.07. The summed E-state index contributed by atoms with van der Waals surface area (Å²) in [5, 5.41) is 22.7. The number of nitriles is 1. The van der Waals surface area contributed by atoms with Crippen LogP contribution in [0.4, 0.5) is 11.4 Å². The Morgan fingerprint density at radius 1 is 1.58 bits per heavy atom. The molecular weight excluding hydrogens is 246 g/mol. The van der Waals surface area contributed by atoms with E-state index in [1.54, 1.807) is 12.4 Å². The summed E-state index contributed by atoms with van der Waals surface area (Å²) in [6.07, 6.45) is 3.45. The predicted molar refractivity (Wildman–Crippen MR) is 68.3 cm³/mol. The van der Waals surface area contributed by atoms with E-state index in [0.29, 0.717) is 12.2 Å². The molecule has 0 bridgehead atoms. The van der Waals surface area contributed by atoms with E-state index < -0.39 is 4.92 Å². The Hall–Kier alpha value is -2.88. The van der Waals surface area contributed by atoms with Gasteiger partial charge in [0.2, 0.25) is 0 Å².